The molecular weight excluding hydrogens is 376 g/mol. The Bertz CT molecular complexity index is 740. The fourth-order valence-corrected chi connectivity index (χ4v) is 3.54. The summed E-state index contributed by atoms with van der Waals surface area (Å²) in [6.45, 7) is 2.38. The molecule has 6 nitrogen and oxygen atoms in total. The normalized spacial score (nSPS) is 15.9. The Balaban J connectivity index is 1.28. The molecule has 0 radical (unpaired) electrons. The highest BCUT2D eigenvalue weighted by atomic mass is 32.1. The first-order valence-corrected chi connectivity index (χ1v) is 10.5. The third-order valence-corrected chi connectivity index (χ3v) is 5.35. The zero-order valence-corrected chi connectivity index (χ0v) is 16.6. The molecule has 1 saturated heterocycles. The van der Waals surface area contributed by atoms with Crippen LogP contribution in [-0.4, -0.2) is 37.7 Å². The van der Waals surface area contributed by atoms with Crippen LogP contribution in [0.5, 0.6) is 5.75 Å². The van der Waals surface area contributed by atoms with Gasteiger partial charge in [-0.1, -0.05) is 18.2 Å². The van der Waals surface area contributed by atoms with Crippen molar-refractivity contribution in [2.75, 3.05) is 19.8 Å². The van der Waals surface area contributed by atoms with Crippen LogP contribution in [0, 0.1) is 0 Å². The molecule has 2 N–H and O–H groups in total. The molecule has 0 saturated carbocycles. The van der Waals surface area contributed by atoms with Gasteiger partial charge in [0.25, 0.3) is 5.91 Å². The van der Waals surface area contributed by atoms with Gasteiger partial charge in [0.05, 0.1) is 11.0 Å². The Morgan fingerprint density at radius 2 is 2.04 bits per heavy atom. The van der Waals surface area contributed by atoms with Gasteiger partial charge in [-0.2, -0.15) is 0 Å². The summed E-state index contributed by atoms with van der Waals surface area (Å²) in [5, 5.41) is 7.59. The van der Waals surface area contributed by atoms with Gasteiger partial charge in [0, 0.05) is 26.1 Å². The van der Waals surface area contributed by atoms with Gasteiger partial charge in [-0.05, 0) is 48.4 Å². The molecule has 2 amide bonds. The van der Waals surface area contributed by atoms with Gasteiger partial charge >= 0.3 is 0 Å². The van der Waals surface area contributed by atoms with Gasteiger partial charge in [-0.15, -0.1) is 11.3 Å². The van der Waals surface area contributed by atoms with Crippen LogP contribution in [0.15, 0.2) is 41.8 Å². The topological polar surface area (TPSA) is 76.7 Å². The first-order valence-electron chi connectivity index (χ1n) is 9.62. The Labute approximate surface area is 169 Å². The van der Waals surface area contributed by atoms with Crippen molar-refractivity contribution in [3.05, 3.63) is 52.2 Å². The van der Waals surface area contributed by atoms with Crippen molar-refractivity contribution in [1.82, 2.24) is 10.6 Å². The second-order valence-corrected chi connectivity index (χ2v) is 7.65. The Morgan fingerprint density at radius 3 is 2.75 bits per heavy atom. The zero-order chi connectivity index (χ0) is 19.6. The Kier molecular flexibility index (Phi) is 7.87. The lowest BCUT2D eigenvalue weighted by molar-refractivity contribution is -0.121. The van der Waals surface area contributed by atoms with Crippen molar-refractivity contribution < 1.29 is 19.1 Å². The van der Waals surface area contributed by atoms with E-state index in [1.165, 1.54) is 11.3 Å². The molecule has 7 heteroatoms. The molecule has 1 aliphatic heterocycles. The summed E-state index contributed by atoms with van der Waals surface area (Å²) in [4.78, 5) is 24.4. The van der Waals surface area contributed by atoms with Crippen molar-refractivity contribution in [3.8, 4) is 5.75 Å². The lowest BCUT2D eigenvalue weighted by Gasteiger charge is -2.12. The van der Waals surface area contributed by atoms with Crippen molar-refractivity contribution in [1.29, 1.82) is 0 Å². The number of ether oxygens (including phenoxy) is 2. The summed E-state index contributed by atoms with van der Waals surface area (Å²) in [5.41, 5.74) is 1.02. The van der Waals surface area contributed by atoms with Crippen LogP contribution in [0.1, 0.15) is 40.9 Å². The third-order valence-electron chi connectivity index (χ3n) is 4.48. The Hall–Kier alpha value is -2.38. The molecule has 3 rings (SSSR count). The first kappa shape index (κ1) is 20.4. The van der Waals surface area contributed by atoms with Crippen LogP contribution in [0.2, 0.25) is 0 Å². The molecule has 2 aromatic rings. The minimum Gasteiger partial charge on any atom is -0.491 e. The van der Waals surface area contributed by atoms with Crippen LogP contribution in [-0.2, 0) is 16.1 Å². The van der Waals surface area contributed by atoms with Crippen LogP contribution < -0.4 is 15.4 Å². The number of nitrogens with one attached hydrogen (secondary N) is 2. The van der Waals surface area contributed by atoms with Gasteiger partial charge in [0.15, 0.2) is 0 Å². The van der Waals surface area contributed by atoms with E-state index in [1.807, 2.05) is 35.7 Å². The molecule has 28 heavy (non-hydrogen) atoms. The molecule has 2 heterocycles. The minimum atomic E-state index is -0.0859. The molecule has 1 aromatic heterocycles. The zero-order valence-electron chi connectivity index (χ0n) is 15.8. The molecule has 1 aromatic carbocycles. The molecule has 150 valence electrons. The molecule has 1 aliphatic rings. The number of hydrogen-bond donors (Lipinski definition) is 2. The van der Waals surface area contributed by atoms with E-state index in [2.05, 4.69) is 10.6 Å². The lowest BCUT2D eigenvalue weighted by atomic mass is 10.2. The van der Waals surface area contributed by atoms with E-state index < -0.39 is 0 Å². The minimum absolute atomic E-state index is 0.0240. The monoisotopic (exact) mass is 402 g/mol. The number of benzene rings is 1. The molecule has 1 fully saturated rings. The summed E-state index contributed by atoms with van der Waals surface area (Å²) in [7, 11) is 0. The van der Waals surface area contributed by atoms with Gasteiger partial charge in [-0.25, -0.2) is 0 Å². The molecule has 1 atom stereocenters. The maximum atomic E-state index is 11.9. The molecule has 0 aliphatic carbocycles. The standard InChI is InChI=1S/C21H26N2O4S/c24-20(6-1-11-22-21(25)19-5-3-13-28-19)23-14-16-7-9-17(10-8-16)27-15-18-4-2-12-26-18/h3,5,7-10,13,18H,1-2,4,6,11-12,14-15H2,(H,22,25)(H,23,24). The second-order valence-electron chi connectivity index (χ2n) is 6.70. The van der Waals surface area contributed by atoms with Crippen molar-refractivity contribution >= 4 is 23.2 Å². The van der Waals surface area contributed by atoms with Crippen LogP contribution >= 0.6 is 11.3 Å². The van der Waals surface area contributed by atoms with Crippen LogP contribution in [0.3, 0.4) is 0 Å². The number of carbonyl (C=O) groups excluding carboxylic acids is 2. The molecule has 0 bridgehead atoms. The lowest BCUT2D eigenvalue weighted by Crippen LogP contribution is -2.26. The highest BCUT2D eigenvalue weighted by molar-refractivity contribution is 7.12. The fraction of sp³-hybridized carbons (Fsp3) is 0.429. The van der Waals surface area contributed by atoms with Crippen LogP contribution in [0.4, 0.5) is 0 Å². The third kappa shape index (κ3) is 6.65. The fourth-order valence-electron chi connectivity index (χ4n) is 2.90. The summed E-state index contributed by atoms with van der Waals surface area (Å²) < 4.78 is 11.3. The number of amides is 2. The van der Waals surface area contributed by atoms with E-state index in [0.717, 1.165) is 30.8 Å². The quantitative estimate of drug-likeness (QED) is 0.599. The number of rotatable bonds is 10. The average molecular weight is 403 g/mol. The molecule has 0 spiro atoms. The largest absolute Gasteiger partial charge is 0.491 e. The molecule has 1 unspecified atom stereocenters. The van der Waals surface area contributed by atoms with E-state index >= 15 is 0 Å². The predicted octanol–water partition coefficient (Wildman–Crippen LogP) is 3.13. The summed E-state index contributed by atoms with van der Waals surface area (Å²) in [6.07, 6.45) is 3.36. The first-order chi connectivity index (χ1) is 13.7. The SMILES string of the molecule is O=C(CCCNC(=O)c1cccs1)NCc1ccc(OCC2CCCO2)cc1. The van der Waals surface area contributed by atoms with E-state index in [0.29, 0.717) is 37.4 Å². The second kappa shape index (κ2) is 10.8. The highest BCUT2D eigenvalue weighted by Gasteiger charge is 2.15. The van der Waals surface area contributed by atoms with E-state index in [4.69, 9.17) is 9.47 Å². The van der Waals surface area contributed by atoms with Gasteiger partial charge < -0.3 is 20.1 Å². The Morgan fingerprint density at radius 1 is 1.18 bits per heavy atom. The van der Waals surface area contributed by atoms with Gasteiger partial charge in [0.2, 0.25) is 5.91 Å². The van der Waals surface area contributed by atoms with Crippen molar-refractivity contribution in [2.24, 2.45) is 0 Å². The van der Waals surface area contributed by atoms with Gasteiger partial charge in [0.1, 0.15) is 12.4 Å². The summed E-state index contributed by atoms with van der Waals surface area (Å²) in [6, 6.07) is 11.4. The van der Waals surface area contributed by atoms with E-state index in [9.17, 15) is 9.59 Å². The van der Waals surface area contributed by atoms with Crippen molar-refractivity contribution in [2.45, 2.75) is 38.3 Å². The van der Waals surface area contributed by atoms with E-state index in [-0.39, 0.29) is 17.9 Å². The predicted molar refractivity (Wildman–Crippen MR) is 109 cm³/mol. The number of hydrogen-bond acceptors (Lipinski definition) is 5. The number of carbonyl (C=O) groups is 2. The maximum absolute atomic E-state index is 11.9. The smallest absolute Gasteiger partial charge is 0.261 e. The highest BCUT2D eigenvalue weighted by Crippen LogP contribution is 2.16. The summed E-state index contributed by atoms with van der Waals surface area (Å²) >= 11 is 1.40. The van der Waals surface area contributed by atoms with E-state index in [1.54, 1.807) is 6.07 Å². The van der Waals surface area contributed by atoms with Gasteiger partial charge in [-0.3, -0.25) is 9.59 Å². The average Bonchev–Trinajstić information content (AvgIpc) is 3.43. The maximum Gasteiger partial charge on any atom is 0.261 e. The van der Waals surface area contributed by atoms with Crippen LogP contribution in [0.25, 0.3) is 0 Å². The molecular formula is C21H26N2O4S. The number of thiophene rings is 1. The van der Waals surface area contributed by atoms with Crippen molar-refractivity contribution in [3.63, 3.8) is 0 Å². The summed E-state index contributed by atoms with van der Waals surface area (Å²) in [5.74, 6) is 0.702.